The Morgan fingerprint density at radius 3 is 2.14 bits per heavy atom. The second-order valence-corrected chi connectivity index (χ2v) is 7.56. The summed E-state index contributed by atoms with van der Waals surface area (Å²) in [7, 11) is 0.0100. The fourth-order valence-corrected chi connectivity index (χ4v) is 3.29. The maximum Gasteiger partial charge on any atom is 0.218 e. The van der Waals surface area contributed by atoms with Gasteiger partial charge in [-0.3, -0.25) is 0 Å². The molecular weight excluding hydrogens is 192 g/mol. The number of hydrogen-bond acceptors (Lipinski definition) is 2. The number of hydrogen-bond donors (Lipinski definition) is 0. The van der Waals surface area contributed by atoms with Crippen molar-refractivity contribution in [1.29, 1.82) is 0 Å². The molecule has 78 valence electrons. The predicted molar refractivity (Wildman–Crippen MR) is 61.7 cm³/mol. The van der Waals surface area contributed by atoms with E-state index in [1.807, 2.05) is 19.1 Å². The molecule has 0 fully saturated rings. The zero-order valence-electron chi connectivity index (χ0n) is 9.33. The Bertz CT molecular complexity index is 280. The summed E-state index contributed by atoms with van der Waals surface area (Å²) in [6, 6.07) is 8.17. The molecule has 0 aromatic heterocycles. The van der Waals surface area contributed by atoms with Crippen molar-refractivity contribution in [3.05, 3.63) is 24.3 Å². The molecule has 0 aliphatic heterocycles. The highest BCUT2D eigenvalue weighted by atomic mass is 28.4. The molecule has 14 heavy (non-hydrogen) atoms. The Balaban J connectivity index is 2.85. The SMILES string of the molecule is CCO[Si](C)(C)c1ccc(OC)cc1. The van der Waals surface area contributed by atoms with E-state index in [4.69, 9.17) is 9.16 Å². The van der Waals surface area contributed by atoms with Gasteiger partial charge in [-0.25, -0.2) is 0 Å². The summed E-state index contributed by atoms with van der Waals surface area (Å²) in [5, 5.41) is 1.31. The van der Waals surface area contributed by atoms with E-state index in [1.54, 1.807) is 7.11 Å². The van der Waals surface area contributed by atoms with E-state index in [0.717, 1.165) is 12.4 Å². The van der Waals surface area contributed by atoms with Gasteiger partial charge in [-0.15, -0.1) is 0 Å². The molecule has 1 aromatic rings. The summed E-state index contributed by atoms with van der Waals surface area (Å²) in [5.74, 6) is 0.898. The lowest BCUT2D eigenvalue weighted by atomic mass is 10.3. The molecule has 2 nitrogen and oxygen atoms in total. The second-order valence-electron chi connectivity index (χ2n) is 3.67. The van der Waals surface area contributed by atoms with Gasteiger partial charge in [0.15, 0.2) is 0 Å². The minimum absolute atomic E-state index is 0.783. The first-order valence-corrected chi connectivity index (χ1v) is 7.79. The van der Waals surface area contributed by atoms with Gasteiger partial charge in [0.2, 0.25) is 8.32 Å². The maximum atomic E-state index is 5.79. The van der Waals surface area contributed by atoms with E-state index in [2.05, 4.69) is 25.2 Å². The standard InChI is InChI=1S/C11H18O2Si/c1-5-13-14(3,4)11-8-6-10(12-2)7-9-11/h6-9H,5H2,1-4H3. The van der Waals surface area contributed by atoms with Gasteiger partial charge in [0.25, 0.3) is 0 Å². The zero-order chi connectivity index (χ0) is 10.6. The summed E-state index contributed by atoms with van der Waals surface area (Å²) in [4.78, 5) is 0. The topological polar surface area (TPSA) is 18.5 Å². The van der Waals surface area contributed by atoms with Gasteiger partial charge < -0.3 is 9.16 Å². The molecule has 0 aliphatic carbocycles. The number of ether oxygens (including phenoxy) is 1. The van der Waals surface area contributed by atoms with E-state index < -0.39 is 8.32 Å². The van der Waals surface area contributed by atoms with E-state index in [0.29, 0.717) is 0 Å². The molecule has 0 radical (unpaired) electrons. The maximum absolute atomic E-state index is 5.79. The molecule has 1 aromatic carbocycles. The van der Waals surface area contributed by atoms with Crippen LogP contribution in [0.1, 0.15) is 6.92 Å². The Hall–Kier alpha value is -0.803. The van der Waals surface area contributed by atoms with Gasteiger partial charge in [-0.2, -0.15) is 0 Å². The fraction of sp³-hybridized carbons (Fsp3) is 0.455. The normalized spacial score (nSPS) is 11.4. The lowest BCUT2D eigenvalue weighted by Crippen LogP contribution is -2.44. The molecule has 0 aliphatic rings. The lowest BCUT2D eigenvalue weighted by Gasteiger charge is -2.22. The van der Waals surface area contributed by atoms with Crippen molar-refractivity contribution < 1.29 is 9.16 Å². The Kier molecular flexibility index (Phi) is 3.72. The van der Waals surface area contributed by atoms with Gasteiger partial charge in [-0.1, -0.05) is 12.1 Å². The van der Waals surface area contributed by atoms with E-state index in [-0.39, 0.29) is 0 Å². The Morgan fingerprint density at radius 2 is 1.71 bits per heavy atom. The lowest BCUT2D eigenvalue weighted by molar-refractivity contribution is 0.339. The van der Waals surface area contributed by atoms with Crippen molar-refractivity contribution in [2.45, 2.75) is 20.0 Å². The van der Waals surface area contributed by atoms with Crippen molar-refractivity contribution in [2.24, 2.45) is 0 Å². The molecule has 0 saturated carbocycles. The minimum atomic E-state index is -1.67. The van der Waals surface area contributed by atoms with Crippen LogP contribution in [0.4, 0.5) is 0 Å². The van der Waals surface area contributed by atoms with E-state index in [1.165, 1.54) is 5.19 Å². The van der Waals surface area contributed by atoms with Gasteiger partial charge in [0, 0.05) is 6.61 Å². The first kappa shape index (κ1) is 11.3. The highest BCUT2D eigenvalue weighted by molar-refractivity contribution is 6.84. The molecule has 0 spiro atoms. The van der Waals surface area contributed by atoms with Crippen molar-refractivity contribution in [1.82, 2.24) is 0 Å². The van der Waals surface area contributed by atoms with Gasteiger partial charge in [0.1, 0.15) is 5.75 Å². The third kappa shape index (κ3) is 2.59. The summed E-state index contributed by atoms with van der Waals surface area (Å²) < 4.78 is 10.9. The van der Waals surface area contributed by atoms with Gasteiger partial charge in [0.05, 0.1) is 7.11 Å². The predicted octanol–water partition coefficient (Wildman–Crippen LogP) is 2.14. The third-order valence-corrected chi connectivity index (χ3v) is 5.02. The average Bonchev–Trinajstić information content (AvgIpc) is 2.18. The average molecular weight is 210 g/mol. The van der Waals surface area contributed by atoms with Crippen LogP contribution < -0.4 is 9.92 Å². The van der Waals surface area contributed by atoms with Crippen molar-refractivity contribution in [3.63, 3.8) is 0 Å². The third-order valence-electron chi connectivity index (χ3n) is 2.29. The van der Waals surface area contributed by atoms with Crippen LogP contribution in [-0.4, -0.2) is 22.0 Å². The Morgan fingerprint density at radius 1 is 1.14 bits per heavy atom. The summed E-state index contributed by atoms with van der Waals surface area (Å²) in [5.41, 5.74) is 0. The highest BCUT2D eigenvalue weighted by Crippen LogP contribution is 2.10. The molecule has 0 N–H and O–H groups in total. The molecule has 0 saturated heterocycles. The first-order valence-electron chi connectivity index (χ1n) is 4.88. The number of benzene rings is 1. The smallest absolute Gasteiger partial charge is 0.218 e. The van der Waals surface area contributed by atoms with Crippen molar-refractivity contribution in [2.75, 3.05) is 13.7 Å². The molecule has 1 rings (SSSR count). The van der Waals surface area contributed by atoms with Crippen LogP contribution in [0.2, 0.25) is 13.1 Å². The summed E-state index contributed by atoms with van der Waals surface area (Å²) >= 11 is 0. The number of methoxy groups -OCH3 is 1. The fourth-order valence-electron chi connectivity index (χ4n) is 1.44. The molecule has 0 heterocycles. The van der Waals surface area contributed by atoms with E-state index in [9.17, 15) is 0 Å². The number of rotatable bonds is 4. The van der Waals surface area contributed by atoms with Crippen LogP contribution >= 0.6 is 0 Å². The molecule has 0 bridgehead atoms. The highest BCUT2D eigenvalue weighted by Gasteiger charge is 2.24. The van der Waals surface area contributed by atoms with Crippen LogP contribution in [-0.2, 0) is 4.43 Å². The van der Waals surface area contributed by atoms with Crippen LogP contribution in [0.15, 0.2) is 24.3 Å². The van der Waals surface area contributed by atoms with E-state index >= 15 is 0 Å². The molecular formula is C11H18O2Si. The quantitative estimate of drug-likeness (QED) is 0.709. The van der Waals surface area contributed by atoms with Crippen LogP contribution in [0, 0.1) is 0 Å². The summed E-state index contributed by atoms with van der Waals surface area (Å²) in [6.45, 7) is 7.24. The van der Waals surface area contributed by atoms with Gasteiger partial charge >= 0.3 is 0 Å². The Labute approximate surface area is 87.0 Å². The van der Waals surface area contributed by atoms with Crippen LogP contribution in [0.5, 0.6) is 5.75 Å². The molecule has 0 atom stereocenters. The van der Waals surface area contributed by atoms with Crippen molar-refractivity contribution >= 4 is 13.5 Å². The monoisotopic (exact) mass is 210 g/mol. The van der Waals surface area contributed by atoms with Gasteiger partial charge in [-0.05, 0) is 37.3 Å². The zero-order valence-corrected chi connectivity index (χ0v) is 10.3. The second kappa shape index (κ2) is 4.62. The van der Waals surface area contributed by atoms with Crippen LogP contribution in [0.25, 0.3) is 0 Å². The molecule has 3 heteroatoms. The summed E-state index contributed by atoms with van der Waals surface area (Å²) in [6.07, 6.45) is 0. The minimum Gasteiger partial charge on any atom is -0.497 e. The molecule has 0 amide bonds. The van der Waals surface area contributed by atoms with Crippen molar-refractivity contribution in [3.8, 4) is 5.75 Å². The largest absolute Gasteiger partial charge is 0.497 e. The first-order chi connectivity index (χ1) is 6.60. The van der Waals surface area contributed by atoms with Crippen LogP contribution in [0.3, 0.4) is 0 Å². The molecule has 0 unspecified atom stereocenters.